The molecular formula is C20H12BrClN4O2S. The molecule has 2 aromatic carbocycles. The number of para-hydroxylation sites is 1. The van der Waals surface area contributed by atoms with Crippen LogP contribution in [0.4, 0.5) is 11.4 Å². The van der Waals surface area contributed by atoms with Crippen molar-refractivity contribution in [2.45, 2.75) is 11.7 Å². The molecular weight excluding hydrogens is 476 g/mol. The number of thioether (sulfide) groups is 1. The van der Waals surface area contributed by atoms with E-state index in [2.05, 4.69) is 21.2 Å². The van der Waals surface area contributed by atoms with Crippen LogP contribution in [0.2, 0.25) is 5.02 Å². The van der Waals surface area contributed by atoms with Crippen molar-refractivity contribution in [2.75, 3.05) is 10.2 Å². The number of allylic oxidation sites excluding steroid dienone is 1. The standard InChI is InChI=1S/C20H12BrClN4O2S/c21-13-6-7-16(15(22)8-13)26-18(27)9-17(20(26)28)29-19(12(10-23)11-24)25-14-4-2-1-3-5-14/h1-8,17,25H,9H2/t17-/m1/s1. The van der Waals surface area contributed by atoms with Gasteiger partial charge in [0.05, 0.1) is 16.0 Å². The van der Waals surface area contributed by atoms with Gasteiger partial charge < -0.3 is 5.32 Å². The van der Waals surface area contributed by atoms with Crippen molar-refractivity contribution in [1.82, 2.24) is 0 Å². The summed E-state index contributed by atoms with van der Waals surface area (Å²) in [7, 11) is 0. The highest BCUT2D eigenvalue weighted by atomic mass is 79.9. The van der Waals surface area contributed by atoms with Crippen LogP contribution in [0.15, 0.2) is 63.6 Å². The monoisotopic (exact) mass is 486 g/mol. The Kier molecular flexibility index (Phi) is 6.60. The summed E-state index contributed by atoms with van der Waals surface area (Å²) >= 11 is 10.5. The van der Waals surface area contributed by atoms with E-state index in [1.54, 1.807) is 42.5 Å². The van der Waals surface area contributed by atoms with E-state index in [4.69, 9.17) is 11.6 Å². The number of nitriles is 2. The summed E-state index contributed by atoms with van der Waals surface area (Å²) in [5, 5.41) is 21.3. The molecule has 0 aromatic heterocycles. The number of imide groups is 1. The summed E-state index contributed by atoms with van der Waals surface area (Å²) < 4.78 is 0.723. The van der Waals surface area contributed by atoms with E-state index in [-0.39, 0.29) is 22.0 Å². The molecule has 29 heavy (non-hydrogen) atoms. The minimum atomic E-state index is -0.787. The predicted molar refractivity (Wildman–Crippen MR) is 116 cm³/mol. The molecule has 1 aliphatic heterocycles. The largest absolute Gasteiger partial charge is 0.349 e. The molecule has 9 heteroatoms. The van der Waals surface area contributed by atoms with Crippen molar-refractivity contribution in [3.8, 4) is 12.1 Å². The summed E-state index contributed by atoms with van der Waals surface area (Å²) in [6, 6.07) is 17.5. The maximum absolute atomic E-state index is 12.9. The number of halogens is 2. The van der Waals surface area contributed by atoms with Crippen LogP contribution in [0.5, 0.6) is 0 Å². The smallest absolute Gasteiger partial charge is 0.247 e. The number of anilines is 2. The van der Waals surface area contributed by atoms with Crippen LogP contribution < -0.4 is 10.2 Å². The Bertz CT molecular complexity index is 1080. The minimum absolute atomic E-state index is 0.0694. The fourth-order valence-corrected chi connectivity index (χ4v) is 4.54. The van der Waals surface area contributed by atoms with Crippen molar-refractivity contribution >= 4 is 62.5 Å². The van der Waals surface area contributed by atoms with Crippen LogP contribution in [-0.4, -0.2) is 17.1 Å². The van der Waals surface area contributed by atoms with Gasteiger partial charge in [0, 0.05) is 16.6 Å². The quantitative estimate of drug-likeness (QED) is 0.479. The van der Waals surface area contributed by atoms with Gasteiger partial charge in [0.2, 0.25) is 11.8 Å². The van der Waals surface area contributed by atoms with Crippen LogP contribution in [0.3, 0.4) is 0 Å². The highest BCUT2D eigenvalue weighted by molar-refractivity contribution is 9.10. The second-order valence-corrected chi connectivity index (χ2v) is 8.43. The lowest BCUT2D eigenvalue weighted by atomic mass is 10.3. The van der Waals surface area contributed by atoms with Gasteiger partial charge in [-0.2, -0.15) is 10.5 Å². The predicted octanol–water partition coefficient (Wildman–Crippen LogP) is 4.84. The average Bonchev–Trinajstić information content (AvgIpc) is 2.97. The molecule has 2 aromatic rings. The van der Waals surface area contributed by atoms with Crippen LogP contribution in [0.25, 0.3) is 0 Å². The van der Waals surface area contributed by atoms with Gasteiger partial charge in [-0.05, 0) is 30.3 Å². The van der Waals surface area contributed by atoms with Gasteiger partial charge in [0.25, 0.3) is 0 Å². The molecule has 0 bridgehead atoms. The molecule has 1 saturated heterocycles. The fraction of sp³-hybridized carbons (Fsp3) is 0.100. The molecule has 1 fully saturated rings. The maximum Gasteiger partial charge on any atom is 0.247 e. The maximum atomic E-state index is 12.9. The van der Waals surface area contributed by atoms with E-state index in [1.165, 1.54) is 0 Å². The number of hydrogen-bond donors (Lipinski definition) is 1. The van der Waals surface area contributed by atoms with Crippen LogP contribution >= 0.6 is 39.3 Å². The molecule has 3 rings (SSSR count). The molecule has 0 saturated carbocycles. The second-order valence-electron chi connectivity index (χ2n) is 5.89. The van der Waals surface area contributed by atoms with Crippen molar-refractivity contribution in [1.29, 1.82) is 10.5 Å². The van der Waals surface area contributed by atoms with Crippen molar-refractivity contribution in [2.24, 2.45) is 0 Å². The Morgan fingerprint density at radius 2 is 1.86 bits per heavy atom. The van der Waals surface area contributed by atoms with Crippen molar-refractivity contribution < 1.29 is 9.59 Å². The first-order valence-corrected chi connectivity index (χ1v) is 10.3. The van der Waals surface area contributed by atoms with Gasteiger partial charge in [-0.25, -0.2) is 4.90 Å². The SMILES string of the molecule is N#CC(C#N)=C(Nc1ccccc1)S[C@@H]1CC(=O)N(c2ccc(Br)cc2Cl)C1=O. The number of hydrogen-bond acceptors (Lipinski definition) is 6. The Labute approximate surface area is 184 Å². The first kappa shape index (κ1) is 20.9. The Balaban J connectivity index is 1.88. The first-order chi connectivity index (χ1) is 13.9. The molecule has 2 amide bonds. The molecule has 144 valence electrons. The second kappa shape index (κ2) is 9.15. The number of rotatable bonds is 5. The van der Waals surface area contributed by atoms with Crippen molar-refractivity contribution in [3.63, 3.8) is 0 Å². The number of nitrogens with zero attached hydrogens (tertiary/aromatic N) is 3. The third kappa shape index (κ3) is 4.63. The third-order valence-electron chi connectivity index (χ3n) is 4.00. The number of amides is 2. The summed E-state index contributed by atoms with van der Waals surface area (Å²) in [5.74, 6) is -0.849. The Hall–Kier alpha value is -2.78. The summed E-state index contributed by atoms with van der Waals surface area (Å²) in [5.41, 5.74) is 0.789. The molecule has 1 aliphatic rings. The summed E-state index contributed by atoms with van der Waals surface area (Å²) in [6.45, 7) is 0. The zero-order valence-corrected chi connectivity index (χ0v) is 17.9. The van der Waals surface area contributed by atoms with Gasteiger partial charge >= 0.3 is 0 Å². The van der Waals surface area contributed by atoms with E-state index >= 15 is 0 Å². The topological polar surface area (TPSA) is 97.0 Å². The Morgan fingerprint density at radius 3 is 2.48 bits per heavy atom. The van der Waals surface area contributed by atoms with Crippen LogP contribution in [0.1, 0.15) is 6.42 Å². The molecule has 0 spiro atoms. The molecule has 6 nitrogen and oxygen atoms in total. The summed E-state index contributed by atoms with van der Waals surface area (Å²) in [6.07, 6.45) is -0.0694. The highest BCUT2D eigenvalue weighted by Gasteiger charge is 2.41. The van der Waals surface area contributed by atoms with E-state index in [1.807, 2.05) is 18.2 Å². The van der Waals surface area contributed by atoms with E-state index in [0.29, 0.717) is 11.4 Å². The average molecular weight is 488 g/mol. The lowest BCUT2D eigenvalue weighted by Crippen LogP contribution is -2.31. The molecule has 1 heterocycles. The van der Waals surface area contributed by atoms with Crippen molar-refractivity contribution in [3.05, 3.63) is 68.6 Å². The molecule has 0 aliphatic carbocycles. The molecule has 1 N–H and O–H groups in total. The van der Waals surface area contributed by atoms with Gasteiger partial charge in [0.1, 0.15) is 17.2 Å². The number of nitrogens with one attached hydrogen (secondary N) is 1. The van der Waals surface area contributed by atoms with Gasteiger partial charge in [-0.15, -0.1) is 0 Å². The minimum Gasteiger partial charge on any atom is -0.349 e. The zero-order chi connectivity index (χ0) is 21.0. The number of carbonyl (C=O) groups is 2. The van der Waals surface area contributed by atoms with E-state index < -0.39 is 17.1 Å². The number of carbonyl (C=O) groups excluding carboxylic acids is 2. The fourth-order valence-electron chi connectivity index (χ4n) is 2.68. The lowest BCUT2D eigenvalue weighted by molar-refractivity contribution is -0.121. The highest BCUT2D eigenvalue weighted by Crippen LogP contribution is 2.38. The third-order valence-corrected chi connectivity index (χ3v) is 5.99. The lowest BCUT2D eigenvalue weighted by Gasteiger charge is -2.17. The number of benzene rings is 2. The normalized spacial score (nSPS) is 15.6. The van der Waals surface area contributed by atoms with Crippen LogP contribution in [0, 0.1) is 22.7 Å². The van der Waals surface area contributed by atoms with Gasteiger partial charge in [-0.3, -0.25) is 9.59 Å². The molecule has 0 radical (unpaired) electrons. The summed E-state index contributed by atoms with van der Waals surface area (Å²) in [4.78, 5) is 26.5. The van der Waals surface area contributed by atoms with Gasteiger partial charge in [0.15, 0.2) is 5.57 Å². The van der Waals surface area contributed by atoms with E-state index in [9.17, 15) is 20.1 Å². The zero-order valence-electron chi connectivity index (χ0n) is 14.7. The Morgan fingerprint density at radius 1 is 1.17 bits per heavy atom. The molecule has 0 unspecified atom stereocenters. The van der Waals surface area contributed by atoms with Gasteiger partial charge in [-0.1, -0.05) is 57.5 Å². The van der Waals surface area contributed by atoms with E-state index in [0.717, 1.165) is 21.1 Å². The molecule has 1 atom stereocenters. The first-order valence-electron chi connectivity index (χ1n) is 8.29. The van der Waals surface area contributed by atoms with Crippen LogP contribution in [-0.2, 0) is 9.59 Å².